The average Bonchev–Trinajstić information content (AvgIpc) is 2.33. The number of ether oxygens (including phenoxy) is 1. The maximum Gasteiger partial charge on any atom is 0.278 e. The Balaban J connectivity index is 2.18. The zero-order valence-corrected chi connectivity index (χ0v) is 9.37. The summed E-state index contributed by atoms with van der Waals surface area (Å²) in [5.74, 6) is 0.285. The van der Waals surface area contributed by atoms with Crippen LogP contribution in [-0.4, -0.2) is 5.78 Å². The van der Waals surface area contributed by atoms with E-state index in [0.717, 1.165) is 16.7 Å². The molecule has 0 saturated carbocycles. The zero-order chi connectivity index (χ0) is 12.0. The second-order valence-corrected chi connectivity index (χ2v) is 4.33. The van der Waals surface area contributed by atoms with Crippen molar-refractivity contribution >= 4 is 5.78 Å². The second-order valence-electron chi connectivity index (χ2n) is 4.33. The minimum atomic E-state index is -0.619. The highest BCUT2D eigenvalue weighted by atomic mass is 19.1. The maximum absolute atomic E-state index is 13.2. The lowest BCUT2D eigenvalue weighted by molar-refractivity contribution is -0.116. The standard InChI is InChI=1S/C14H11FO2/c1-8-11(16)6-4-9-2-3-10-5-7-12(15)17-14(10)13(8)9/h2,4-8H,3H2,1H3. The van der Waals surface area contributed by atoms with Crippen molar-refractivity contribution in [1.82, 2.24) is 0 Å². The lowest BCUT2D eigenvalue weighted by Gasteiger charge is -2.28. The lowest BCUT2D eigenvalue weighted by atomic mass is 9.79. The molecule has 0 aromatic heterocycles. The van der Waals surface area contributed by atoms with Crippen molar-refractivity contribution in [3.8, 4) is 0 Å². The van der Waals surface area contributed by atoms with Crippen molar-refractivity contribution in [3.63, 3.8) is 0 Å². The van der Waals surface area contributed by atoms with Gasteiger partial charge in [0, 0.05) is 17.6 Å². The molecule has 3 heteroatoms. The Labute approximate surface area is 98.5 Å². The summed E-state index contributed by atoms with van der Waals surface area (Å²) in [6, 6.07) is -0.619. The third-order valence-electron chi connectivity index (χ3n) is 3.29. The smallest absolute Gasteiger partial charge is 0.278 e. The first kappa shape index (κ1) is 10.3. The molecule has 0 bridgehead atoms. The highest BCUT2D eigenvalue weighted by molar-refractivity contribution is 5.97. The number of ketones is 1. The number of halogens is 1. The number of fused-ring (bicyclic) bond motifs is 2. The van der Waals surface area contributed by atoms with E-state index < -0.39 is 6.01 Å². The molecule has 0 saturated heterocycles. The molecule has 0 radical (unpaired) electrons. The number of hydrogen-bond acceptors (Lipinski definition) is 2. The minimum Gasteiger partial charge on any atom is -0.431 e. The molecule has 2 nitrogen and oxygen atoms in total. The van der Waals surface area contributed by atoms with Crippen LogP contribution < -0.4 is 0 Å². The van der Waals surface area contributed by atoms with Crippen LogP contribution in [0.4, 0.5) is 4.39 Å². The summed E-state index contributed by atoms with van der Waals surface area (Å²) in [6.45, 7) is 1.82. The van der Waals surface area contributed by atoms with Gasteiger partial charge in [0.1, 0.15) is 5.76 Å². The fourth-order valence-corrected chi connectivity index (χ4v) is 2.35. The van der Waals surface area contributed by atoms with E-state index in [9.17, 15) is 9.18 Å². The molecule has 17 heavy (non-hydrogen) atoms. The van der Waals surface area contributed by atoms with Crippen LogP contribution in [0.3, 0.4) is 0 Å². The molecule has 1 aliphatic heterocycles. The Morgan fingerprint density at radius 2 is 2.18 bits per heavy atom. The second kappa shape index (κ2) is 3.55. The molecule has 1 atom stereocenters. The summed E-state index contributed by atoms with van der Waals surface area (Å²) < 4.78 is 18.3. The van der Waals surface area contributed by atoms with Gasteiger partial charge in [-0.2, -0.15) is 4.39 Å². The molecule has 3 rings (SSSR count). The van der Waals surface area contributed by atoms with E-state index in [-0.39, 0.29) is 11.7 Å². The number of carbonyl (C=O) groups excluding carboxylic acids is 1. The van der Waals surface area contributed by atoms with Crippen LogP contribution in [0, 0.1) is 5.92 Å². The monoisotopic (exact) mass is 230 g/mol. The highest BCUT2D eigenvalue weighted by Crippen LogP contribution is 2.40. The van der Waals surface area contributed by atoms with Gasteiger partial charge in [-0.25, -0.2) is 0 Å². The molecule has 1 unspecified atom stereocenters. The van der Waals surface area contributed by atoms with Gasteiger partial charge in [-0.05, 0) is 29.7 Å². The van der Waals surface area contributed by atoms with Crippen LogP contribution in [-0.2, 0) is 9.53 Å². The zero-order valence-electron chi connectivity index (χ0n) is 9.37. The van der Waals surface area contributed by atoms with E-state index in [4.69, 9.17) is 4.74 Å². The van der Waals surface area contributed by atoms with Crippen molar-refractivity contribution in [2.24, 2.45) is 5.92 Å². The largest absolute Gasteiger partial charge is 0.431 e. The molecular weight excluding hydrogens is 219 g/mol. The van der Waals surface area contributed by atoms with Gasteiger partial charge in [-0.15, -0.1) is 0 Å². The molecule has 0 aromatic rings. The number of rotatable bonds is 0. The normalized spacial score (nSPS) is 26.6. The third kappa shape index (κ3) is 1.50. The van der Waals surface area contributed by atoms with Gasteiger partial charge in [-0.1, -0.05) is 19.1 Å². The summed E-state index contributed by atoms with van der Waals surface area (Å²) in [7, 11) is 0. The first-order valence-electron chi connectivity index (χ1n) is 5.58. The molecule has 0 amide bonds. The fraction of sp³-hybridized carbons (Fsp3) is 0.214. The van der Waals surface area contributed by atoms with E-state index in [0.29, 0.717) is 12.2 Å². The Bertz CT molecular complexity index is 559. The van der Waals surface area contributed by atoms with Gasteiger partial charge in [-0.3, -0.25) is 4.79 Å². The molecule has 0 N–H and O–H groups in total. The van der Waals surface area contributed by atoms with Crippen LogP contribution in [0.2, 0.25) is 0 Å². The fourth-order valence-electron chi connectivity index (χ4n) is 2.35. The van der Waals surface area contributed by atoms with Crippen molar-refractivity contribution in [2.75, 3.05) is 0 Å². The van der Waals surface area contributed by atoms with Gasteiger partial charge in [0.05, 0.1) is 0 Å². The molecule has 0 aromatic carbocycles. The summed E-state index contributed by atoms with van der Waals surface area (Å²) in [5.41, 5.74) is 2.71. The molecule has 2 aliphatic carbocycles. The summed E-state index contributed by atoms with van der Waals surface area (Å²) in [5, 5.41) is 0. The minimum absolute atomic E-state index is 0.0319. The average molecular weight is 230 g/mol. The number of hydrogen-bond donors (Lipinski definition) is 0. The summed E-state index contributed by atoms with van der Waals surface area (Å²) in [6.07, 6.45) is 9.13. The van der Waals surface area contributed by atoms with E-state index in [2.05, 4.69) is 0 Å². The SMILES string of the molecule is CC1C(=O)C=CC2=CCC3=CC=C(F)OC3=C21. The van der Waals surface area contributed by atoms with Gasteiger partial charge in [0.2, 0.25) is 0 Å². The molecule has 0 spiro atoms. The Hall–Kier alpha value is -1.90. The van der Waals surface area contributed by atoms with Crippen molar-refractivity contribution in [1.29, 1.82) is 0 Å². The predicted molar refractivity (Wildman–Crippen MR) is 61.4 cm³/mol. The highest BCUT2D eigenvalue weighted by Gasteiger charge is 2.31. The Morgan fingerprint density at radius 3 is 3.00 bits per heavy atom. The summed E-state index contributed by atoms with van der Waals surface area (Å²) >= 11 is 0. The van der Waals surface area contributed by atoms with E-state index >= 15 is 0 Å². The van der Waals surface area contributed by atoms with Crippen molar-refractivity contribution in [3.05, 3.63) is 58.9 Å². The van der Waals surface area contributed by atoms with Gasteiger partial charge >= 0.3 is 0 Å². The number of carbonyl (C=O) groups is 1. The van der Waals surface area contributed by atoms with Crippen molar-refractivity contribution < 1.29 is 13.9 Å². The quantitative estimate of drug-likeness (QED) is 0.639. The molecule has 3 aliphatic rings. The Kier molecular flexibility index (Phi) is 2.15. The summed E-state index contributed by atoms with van der Waals surface area (Å²) in [4.78, 5) is 11.7. The first-order valence-corrected chi connectivity index (χ1v) is 5.58. The molecule has 0 fully saturated rings. The third-order valence-corrected chi connectivity index (χ3v) is 3.29. The van der Waals surface area contributed by atoms with Crippen molar-refractivity contribution in [2.45, 2.75) is 13.3 Å². The van der Waals surface area contributed by atoms with E-state index in [1.54, 1.807) is 18.2 Å². The van der Waals surface area contributed by atoms with Gasteiger partial charge in [0.15, 0.2) is 5.78 Å². The topological polar surface area (TPSA) is 26.3 Å². The molecule has 86 valence electrons. The van der Waals surface area contributed by atoms with Crippen LogP contribution in [0.1, 0.15) is 13.3 Å². The number of allylic oxidation sites excluding steroid dienone is 8. The Morgan fingerprint density at radius 1 is 1.35 bits per heavy atom. The van der Waals surface area contributed by atoms with Crippen LogP contribution in [0.25, 0.3) is 0 Å². The van der Waals surface area contributed by atoms with Gasteiger partial charge in [0.25, 0.3) is 6.01 Å². The van der Waals surface area contributed by atoms with E-state index in [1.165, 1.54) is 6.08 Å². The molecular formula is C14H11FO2. The first-order chi connectivity index (χ1) is 8.16. The van der Waals surface area contributed by atoms with Gasteiger partial charge < -0.3 is 4.74 Å². The lowest BCUT2D eigenvalue weighted by Crippen LogP contribution is -2.21. The van der Waals surface area contributed by atoms with Crippen LogP contribution in [0.5, 0.6) is 0 Å². The van der Waals surface area contributed by atoms with E-state index in [1.807, 2.05) is 13.0 Å². The predicted octanol–water partition coefficient (Wildman–Crippen LogP) is 3.11. The molecule has 1 heterocycles. The maximum atomic E-state index is 13.2. The van der Waals surface area contributed by atoms with Crippen LogP contribution >= 0.6 is 0 Å². The van der Waals surface area contributed by atoms with Crippen LogP contribution in [0.15, 0.2) is 58.9 Å².